The molecular weight excluding hydrogens is 288 g/mol. The largest absolute Gasteiger partial charge is 0.497 e. The van der Waals surface area contributed by atoms with Crippen LogP contribution in [0.4, 0.5) is 4.79 Å². The van der Waals surface area contributed by atoms with Crippen molar-refractivity contribution in [1.29, 1.82) is 0 Å². The van der Waals surface area contributed by atoms with Gasteiger partial charge in [0.05, 0.1) is 12.6 Å². The molecule has 4 nitrogen and oxygen atoms in total. The molecule has 3 rings (SSSR count). The lowest BCUT2D eigenvalue weighted by Crippen LogP contribution is -2.53. The van der Waals surface area contributed by atoms with Gasteiger partial charge in [-0.15, -0.1) is 0 Å². The van der Waals surface area contributed by atoms with E-state index in [1.165, 1.54) is 5.56 Å². The van der Waals surface area contributed by atoms with E-state index >= 15 is 0 Å². The minimum Gasteiger partial charge on any atom is -0.497 e. The predicted octanol–water partition coefficient (Wildman–Crippen LogP) is 3.57. The molecule has 0 radical (unpaired) electrons. The molecule has 23 heavy (non-hydrogen) atoms. The number of hydrogen-bond acceptors (Lipinski definition) is 2. The summed E-state index contributed by atoms with van der Waals surface area (Å²) >= 11 is 0. The van der Waals surface area contributed by atoms with Gasteiger partial charge < -0.3 is 15.4 Å². The van der Waals surface area contributed by atoms with Gasteiger partial charge in [-0.3, -0.25) is 0 Å². The Morgan fingerprint density at radius 1 is 1.09 bits per heavy atom. The van der Waals surface area contributed by atoms with Crippen LogP contribution >= 0.6 is 0 Å². The SMILES string of the molecule is COc1ccc(CNC(=O)NC2(c3ccccc3)CCC2)cc1. The Bertz CT molecular complexity index is 649. The van der Waals surface area contributed by atoms with Crippen LogP contribution in [0.2, 0.25) is 0 Å². The van der Waals surface area contributed by atoms with Gasteiger partial charge in [0.2, 0.25) is 0 Å². The summed E-state index contributed by atoms with van der Waals surface area (Å²) in [7, 11) is 1.64. The molecule has 2 aromatic carbocycles. The first-order chi connectivity index (χ1) is 11.2. The van der Waals surface area contributed by atoms with E-state index in [9.17, 15) is 4.79 Å². The summed E-state index contributed by atoms with van der Waals surface area (Å²) in [6.07, 6.45) is 3.13. The third-order valence-corrected chi connectivity index (χ3v) is 4.50. The lowest BCUT2D eigenvalue weighted by Gasteiger charge is -2.43. The molecule has 1 aliphatic carbocycles. The first-order valence-corrected chi connectivity index (χ1v) is 7.96. The van der Waals surface area contributed by atoms with Gasteiger partial charge in [0, 0.05) is 6.54 Å². The summed E-state index contributed by atoms with van der Waals surface area (Å²) in [6, 6.07) is 17.8. The van der Waals surface area contributed by atoms with Gasteiger partial charge in [-0.2, -0.15) is 0 Å². The van der Waals surface area contributed by atoms with Crippen LogP contribution in [0.25, 0.3) is 0 Å². The fourth-order valence-electron chi connectivity index (χ4n) is 2.96. The molecule has 0 unspecified atom stereocenters. The van der Waals surface area contributed by atoms with Crippen LogP contribution in [0.3, 0.4) is 0 Å². The molecular formula is C19H22N2O2. The van der Waals surface area contributed by atoms with Gasteiger partial charge in [-0.1, -0.05) is 42.5 Å². The van der Waals surface area contributed by atoms with Crippen LogP contribution in [-0.4, -0.2) is 13.1 Å². The van der Waals surface area contributed by atoms with E-state index in [1.54, 1.807) is 7.11 Å². The average molecular weight is 310 g/mol. The van der Waals surface area contributed by atoms with Crippen molar-refractivity contribution in [2.24, 2.45) is 0 Å². The highest BCUT2D eigenvalue weighted by Crippen LogP contribution is 2.41. The van der Waals surface area contributed by atoms with Gasteiger partial charge in [-0.05, 0) is 42.5 Å². The molecule has 120 valence electrons. The molecule has 1 fully saturated rings. The highest BCUT2D eigenvalue weighted by atomic mass is 16.5. The minimum absolute atomic E-state index is 0.121. The monoisotopic (exact) mass is 310 g/mol. The third-order valence-electron chi connectivity index (χ3n) is 4.50. The highest BCUT2D eigenvalue weighted by molar-refractivity contribution is 5.75. The van der Waals surface area contributed by atoms with Crippen LogP contribution in [0.1, 0.15) is 30.4 Å². The minimum atomic E-state index is -0.203. The summed E-state index contributed by atoms with van der Waals surface area (Å²) in [5.74, 6) is 0.815. The van der Waals surface area contributed by atoms with Crippen molar-refractivity contribution in [3.05, 3.63) is 65.7 Å². The van der Waals surface area contributed by atoms with Crippen molar-refractivity contribution in [1.82, 2.24) is 10.6 Å². The smallest absolute Gasteiger partial charge is 0.315 e. The lowest BCUT2D eigenvalue weighted by molar-refractivity contribution is 0.177. The maximum Gasteiger partial charge on any atom is 0.315 e. The van der Waals surface area contributed by atoms with Crippen molar-refractivity contribution in [2.75, 3.05) is 7.11 Å². The van der Waals surface area contributed by atoms with E-state index in [2.05, 4.69) is 22.8 Å². The molecule has 0 bridgehead atoms. The summed E-state index contributed by atoms with van der Waals surface area (Å²) in [4.78, 5) is 12.3. The molecule has 2 amide bonds. The number of carbonyl (C=O) groups is 1. The van der Waals surface area contributed by atoms with E-state index in [-0.39, 0.29) is 11.6 Å². The number of amides is 2. The Kier molecular flexibility index (Phi) is 4.51. The van der Waals surface area contributed by atoms with E-state index in [0.29, 0.717) is 6.54 Å². The average Bonchev–Trinajstić information content (AvgIpc) is 2.57. The number of rotatable bonds is 5. The van der Waals surface area contributed by atoms with Crippen LogP contribution in [-0.2, 0) is 12.1 Å². The number of urea groups is 1. The zero-order valence-corrected chi connectivity index (χ0v) is 13.3. The van der Waals surface area contributed by atoms with Gasteiger partial charge >= 0.3 is 6.03 Å². The van der Waals surface area contributed by atoms with Gasteiger partial charge in [0.1, 0.15) is 5.75 Å². The molecule has 0 aliphatic heterocycles. The van der Waals surface area contributed by atoms with Gasteiger partial charge in [0.25, 0.3) is 0 Å². The Labute approximate surface area is 136 Å². The maximum atomic E-state index is 12.3. The summed E-state index contributed by atoms with van der Waals surface area (Å²) in [5, 5.41) is 6.10. The third kappa shape index (κ3) is 3.47. The number of hydrogen-bond donors (Lipinski definition) is 2. The Hall–Kier alpha value is -2.49. The summed E-state index contributed by atoms with van der Waals surface area (Å²) in [6.45, 7) is 0.501. The standard InChI is InChI=1S/C19H22N2O2/c1-23-17-10-8-15(9-11-17)14-20-18(22)21-19(12-5-13-19)16-6-3-2-4-7-16/h2-4,6-11H,5,12-14H2,1H3,(H2,20,21,22). The van der Waals surface area contributed by atoms with E-state index in [1.807, 2.05) is 42.5 Å². The second kappa shape index (κ2) is 6.73. The van der Waals surface area contributed by atoms with Crippen molar-refractivity contribution >= 4 is 6.03 Å². The maximum absolute atomic E-state index is 12.3. The van der Waals surface area contributed by atoms with Gasteiger partial charge in [0.15, 0.2) is 0 Å². The molecule has 2 N–H and O–H groups in total. The fourth-order valence-corrected chi connectivity index (χ4v) is 2.96. The second-order valence-corrected chi connectivity index (χ2v) is 5.96. The molecule has 1 saturated carbocycles. The predicted molar refractivity (Wildman–Crippen MR) is 90.3 cm³/mol. The number of methoxy groups -OCH3 is 1. The zero-order valence-electron chi connectivity index (χ0n) is 13.3. The number of carbonyl (C=O) groups excluding carboxylic acids is 1. The molecule has 0 spiro atoms. The molecule has 1 aliphatic rings. The first kappa shape index (κ1) is 15.4. The van der Waals surface area contributed by atoms with Crippen LogP contribution in [0.5, 0.6) is 5.75 Å². The van der Waals surface area contributed by atoms with Crippen LogP contribution in [0, 0.1) is 0 Å². The number of ether oxygens (including phenoxy) is 1. The fraction of sp³-hybridized carbons (Fsp3) is 0.316. The molecule has 0 aromatic heterocycles. The Balaban J connectivity index is 1.58. The molecule has 4 heteroatoms. The molecule has 2 aromatic rings. The lowest BCUT2D eigenvalue weighted by atomic mass is 9.72. The normalized spacial score (nSPS) is 15.3. The second-order valence-electron chi connectivity index (χ2n) is 5.96. The topological polar surface area (TPSA) is 50.4 Å². The van der Waals surface area contributed by atoms with Crippen LogP contribution < -0.4 is 15.4 Å². The van der Waals surface area contributed by atoms with Crippen molar-refractivity contribution in [2.45, 2.75) is 31.3 Å². The van der Waals surface area contributed by atoms with Crippen molar-refractivity contribution < 1.29 is 9.53 Å². The summed E-state index contributed by atoms with van der Waals surface area (Å²) in [5.41, 5.74) is 2.03. The molecule has 0 heterocycles. The first-order valence-electron chi connectivity index (χ1n) is 7.96. The van der Waals surface area contributed by atoms with Gasteiger partial charge in [-0.25, -0.2) is 4.79 Å². The Morgan fingerprint density at radius 3 is 2.35 bits per heavy atom. The quantitative estimate of drug-likeness (QED) is 0.887. The molecule has 0 atom stereocenters. The Morgan fingerprint density at radius 2 is 1.78 bits per heavy atom. The number of nitrogens with one attached hydrogen (secondary N) is 2. The van der Waals surface area contributed by atoms with Crippen LogP contribution in [0.15, 0.2) is 54.6 Å². The van der Waals surface area contributed by atoms with Crippen molar-refractivity contribution in [3.63, 3.8) is 0 Å². The number of benzene rings is 2. The summed E-state index contributed by atoms with van der Waals surface area (Å²) < 4.78 is 5.13. The van der Waals surface area contributed by atoms with E-state index < -0.39 is 0 Å². The zero-order chi connectivity index (χ0) is 16.1. The van der Waals surface area contributed by atoms with Crippen molar-refractivity contribution in [3.8, 4) is 5.75 Å². The molecule has 0 saturated heterocycles. The van der Waals surface area contributed by atoms with E-state index in [4.69, 9.17) is 4.74 Å². The van der Waals surface area contributed by atoms with E-state index in [0.717, 1.165) is 30.6 Å². The highest BCUT2D eigenvalue weighted by Gasteiger charge is 2.39.